The average Bonchev–Trinajstić information content (AvgIpc) is 2.56. The fraction of sp³-hybridized carbons (Fsp3) is 0. The van der Waals surface area contributed by atoms with Crippen molar-refractivity contribution < 1.29 is 9.59 Å². The van der Waals surface area contributed by atoms with Crippen LogP contribution in [0.2, 0.25) is 20.1 Å². The summed E-state index contributed by atoms with van der Waals surface area (Å²) in [7, 11) is 0. The van der Waals surface area contributed by atoms with Crippen molar-refractivity contribution in [2.75, 3.05) is 4.90 Å². The molecule has 1 heterocycles. The lowest BCUT2D eigenvalue weighted by Crippen LogP contribution is -2.54. The number of carbonyl (C=O) groups excluding carboxylic acids is 2. The van der Waals surface area contributed by atoms with Crippen LogP contribution in [0.5, 0.6) is 0 Å². The smallest absolute Gasteiger partial charge is 0.270 e. The second-order valence-electron chi connectivity index (χ2n) is 5.23. The third-order valence-corrected chi connectivity index (χ3v) is 5.07. The first kappa shape index (κ1) is 19.1. The summed E-state index contributed by atoms with van der Waals surface area (Å²) in [5, 5.41) is 3.70. The van der Waals surface area contributed by atoms with E-state index in [4.69, 9.17) is 58.6 Å². The van der Waals surface area contributed by atoms with Crippen molar-refractivity contribution in [2.45, 2.75) is 0 Å². The van der Waals surface area contributed by atoms with Gasteiger partial charge in [0.2, 0.25) is 0 Å². The number of nitrogens with zero attached hydrogens (tertiary/aromatic N) is 1. The molecule has 2 aromatic carbocycles. The predicted molar refractivity (Wildman–Crippen MR) is 109 cm³/mol. The molecule has 4 nitrogen and oxygen atoms in total. The predicted octanol–water partition coefficient (Wildman–Crippen LogP) is 5.13. The molecule has 0 radical (unpaired) electrons. The molecule has 3 rings (SSSR count). The highest BCUT2D eigenvalue weighted by Gasteiger charge is 2.35. The Morgan fingerprint density at radius 1 is 0.923 bits per heavy atom. The van der Waals surface area contributed by atoms with Gasteiger partial charge >= 0.3 is 0 Å². The van der Waals surface area contributed by atoms with Crippen molar-refractivity contribution in [3.8, 4) is 0 Å². The number of hydrogen-bond acceptors (Lipinski definition) is 3. The minimum Gasteiger partial charge on any atom is -0.298 e. The third-order valence-electron chi connectivity index (χ3n) is 3.51. The Labute approximate surface area is 174 Å². The molecule has 0 saturated carbocycles. The second kappa shape index (κ2) is 7.55. The maximum Gasteiger partial charge on any atom is 0.270 e. The van der Waals surface area contributed by atoms with Crippen LogP contribution in [-0.4, -0.2) is 16.9 Å². The van der Waals surface area contributed by atoms with Crippen molar-refractivity contribution in [3.05, 3.63) is 67.6 Å². The number of thiocarbonyl (C=S) groups is 1. The molecular formula is C17H8Cl4N2O2S. The van der Waals surface area contributed by atoms with E-state index >= 15 is 0 Å². The third kappa shape index (κ3) is 3.72. The van der Waals surface area contributed by atoms with E-state index in [1.54, 1.807) is 30.3 Å². The summed E-state index contributed by atoms with van der Waals surface area (Å²) in [6.07, 6.45) is 1.40. The summed E-state index contributed by atoms with van der Waals surface area (Å²) in [4.78, 5) is 26.3. The Morgan fingerprint density at radius 3 is 2.31 bits per heavy atom. The summed E-state index contributed by atoms with van der Waals surface area (Å²) in [5.74, 6) is -1.23. The quantitative estimate of drug-likeness (QED) is 0.396. The largest absolute Gasteiger partial charge is 0.298 e. The number of anilines is 1. The molecule has 0 aliphatic carbocycles. The van der Waals surface area contributed by atoms with E-state index in [1.807, 2.05) is 0 Å². The molecule has 0 unspecified atom stereocenters. The number of halogens is 4. The topological polar surface area (TPSA) is 49.4 Å². The van der Waals surface area contributed by atoms with E-state index in [9.17, 15) is 9.59 Å². The molecule has 1 aliphatic heterocycles. The van der Waals surface area contributed by atoms with Gasteiger partial charge in [-0.05, 0) is 54.2 Å². The molecule has 1 fully saturated rings. The van der Waals surface area contributed by atoms with Crippen LogP contribution in [0.15, 0.2) is 42.0 Å². The minimum absolute atomic E-state index is 0.0736. The highest BCUT2D eigenvalue weighted by molar-refractivity contribution is 7.80. The van der Waals surface area contributed by atoms with Gasteiger partial charge in [-0.1, -0.05) is 52.5 Å². The molecule has 0 aromatic heterocycles. The lowest BCUT2D eigenvalue weighted by molar-refractivity contribution is -0.122. The van der Waals surface area contributed by atoms with E-state index in [-0.39, 0.29) is 15.7 Å². The number of rotatable bonds is 2. The molecule has 132 valence electrons. The van der Waals surface area contributed by atoms with Gasteiger partial charge in [-0.25, -0.2) is 0 Å². The molecule has 0 bridgehead atoms. The minimum atomic E-state index is -0.618. The Balaban J connectivity index is 2.05. The van der Waals surface area contributed by atoms with Crippen LogP contribution in [0.3, 0.4) is 0 Å². The van der Waals surface area contributed by atoms with Gasteiger partial charge in [0.15, 0.2) is 5.11 Å². The van der Waals surface area contributed by atoms with Crippen molar-refractivity contribution in [2.24, 2.45) is 0 Å². The Bertz CT molecular complexity index is 991. The van der Waals surface area contributed by atoms with Gasteiger partial charge in [-0.3, -0.25) is 19.8 Å². The van der Waals surface area contributed by atoms with Gasteiger partial charge in [-0.15, -0.1) is 0 Å². The highest BCUT2D eigenvalue weighted by atomic mass is 35.5. The van der Waals surface area contributed by atoms with Gasteiger partial charge in [0.1, 0.15) is 5.57 Å². The summed E-state index contributed by atoms with van der Waals surface area (Å²) in [6, 6.07) is 9.34. The zero-order valence-corrected chi connectivity index (χ0v) is 16.6. The molecular weight excluding hydrogens is 438 g/mol. The van der Waals surface area contributed by atoms with Crippen molar-refractivity contribution in [1.82, 2.24) is 5.32 Å². The van der Waals surface area contributed by atoms with E-state index < -0.39 is 11.8 Å². The number of benzene rings is 2. The van der Waals surface area contributed by atoms with E-state index in [0.717, 1.165) is 4.90 Å². The van der Waals surface area contributed by atoms with Gasteiger partial charge in [0, 0.05) is 5.02 Å². The summed E-state index contributed by atoms with van der Waals surface area (Å²) < 4.78 is 0. The molecule has 2 amide bonds. The number of hydrogen-bond donors (Lipinski definition) is 1. The molecule has 26 heavy (non-hydrogen) atoms. The first-order valence-electron chi connectivity index (χ1n) is 7.09. The summed E-state index contributed by atoms with van der Waals surface area (Å²) >= 11 is 29.1. The van der Waals surface area contributed by atoms with E-state index in [0.29, 0.717) is 26.3 Å². The number of nitrogens with one attached hydrogen (secondary N) is 1. The normalized spacial score (nSPS) is 16.2. The SMILES string of the molecule is O=C1NC(=S)N(c2ccc(Cl)cc2Cl)C(=O)/C1=C/c1ccc(Cl)c(Cl)c1. The van der Waals surface area contributed by atoms with Crippen LogP contribution in [0, 0.1) is 0 Å². The molecule has 9 heteroatoms. The van der Waals surface area contributed by atoms with Crippen LogP contribution in [0.1, 0.15) is 5.56 Å². The first-order chi connectivity index (χ1) is 12.3. The maximum absolute atomic E-state index is 12.9. The van der Waals surface area contributed by atoms with Gasteiger partial charge < -0.3 is 0 Å². The van der Waals surface area contributed by atoms with Crippen LogP contribution in [0.25, 0.3) is 6.08 Å². The second-order valence-corrected chi connectivity index (χ2v) is 7.27. The molecule has 2 aromatic rings. The lowest BCUT2D eigenvalue weighted by atomic mass is 10.1. The number of amides is 2. The molecule has 1 N–H and O–H groups in total. The van der Waals surface area contributed by atoms with Crippen LogP contribution in [0.4, 0.5) is 5.69 Å². The maximum atomic E-state index is 12.9. The summed E-state index contributed by atoms with van der Waals surface area (Å²) in [5.41, 5.74) is 0.724. The fourth-order valence-corrected chi connectivity index (χ4v) is 3.38. The van der Waals surface area contributed by atoms with Gasteiger partial charge in [-0.2, -0.15) is 0 Å². The van der Waals surface area contributed by atoms with Crippen LogP contribution in [-0.2, 0) is 9.59 Å². The monoisotopic (exact) mass is 444 g/mol. The standard InChI is InChI=1S/C17H8Cl4N2O2S/c18-9-2-4-14(13(21)7-9)23-16(25)10(15(24)22-17(23)26)5-8-1-3-11(19)12(20)6-8/h1-7H,(H,22,24,26)/b10-5+. The highest BCUT2D eigenvalue weighted by Crippen LogP contribution is 2.32. The lowest BCUT2D eigenvalue weighted by Gasteiger charge is -2.29. The molecule has 0 atom stereocenters. The van der Waals surface area contributed by atoms with Crippen molar-refractivity contribution in [3.63, 3.8) is 0 Å². The van der Waals surface area contributed by atoms with E-state index in [2.05, 4.69) is 5.32 Å². The zero-order chi connectivity index (χ0) is 19.0. The average molecular weight is 446 g/mol. The van der Waals surface area contributed by atoms with Crippen LogP contribution < -0.4 is 10.2 Å². The fourth-order valence-electron chi connectivity index (χ4n) is 2.31. The summed E-state index contributed by atoms with van der Waals surface area (Å²) in [6.45, 7) is 0. The molecule has 1 aliphatic rings. The Kier molecular flexibility index (Phi) is 5.55. The van der Waals surface area contributed by atoms with Crippen molar-refractivity contribution >= 4 is 87.3 Å². The Morgan fingerprint density at radius 2 is 1.65 bits per heavy atom. The first-order valence-corrected chi connectivity index (χ1v) is 9.01. The van der Waals surface area contributed by atoms with Gasteiger partial charge in [0.25, 0.3) is 11.8 Å². The van der Waals surface area contributed by atoms with Gasteiger partial charge in [0.05, 0.1) is 20.8 Å². The Hall–Kier alpha value is -1.63. The zero-order valence-electron chi connectivity index (χ0n) is 12.7. The van der Waals surface area contributed by atoms with E-state index in [1.165, 1.54) is 12.1 Å². The van der Waals surface area contributed by atoms with Crippen LogP contribution >= 0.6 is 58.6 Å². The number of carbonyl (C=O) groups is 2. The van der Waals surface area contributed by atoms with Crippen molar-refractivity contribution in [1.29, 1.82) is 0 Å². The molecule has 0 spiro atoms. The molecule has 1 saturated heterocycles.